The topological polar surface area (TPSA) is 95.6 Å². The number of ether oxygens (including phenoxy) is 2. The molecule has 6 rings (SSSR count). The van der Waals surface area contributed by atoms with Crippen molar-refractivity contribution < 1.29 is 14.3 Å². The fourth-order valence-electron chi connectivity index (χ4n) is 5.00. The number of anilines is 1. The summed E-state index contributed by atoms with van der Waals surface area (Å²) in [7, 11) is 0. The highest BCUT2D eigenvalue weighted by molar-refractivity contribution is 5.84. The van der Waals surface area contributed by atoms with Crippen molar-refractivity contribution in [3.63, 3.8) is 0 Å². The number of carbonyl (C=O) groups excluding carboxylic acids is 1. The molecule has 3 aromatic rings. The molecule has 2 atom stereocenters. The van der Waals surface area contributed by atoms with Gasteiger partial charge >= 0.3 is 0 Å². The minimum absolute atomic E-state index is 0.0747. The fraction of sp³-hybridized carbons (Fsp3) is 0.480. The van der Waals surface area contributed by atoms with Gasteiger partial charge in [-0.15, -0.1) is 0 Å². The molecule has 9 nitrogen and oxygen atoms in total. The molecule has 0 radical (unpaired) electrons. The molecular formula is C25H30N6O3. The first-order valence-electron chi connectivity index (χ1n) is 12.1. The van der Waals surface area contributed by atoms with Crippen molar-refractivity contribution in [2.24, 2.45) is 5.92 Å². The monoisotopic (exact) mass is 462 g/mol. The van der Waals surface area contributed by atoms with Crippen LogP contribution in [0.5, 0.6) is 5.88 Å². The van der Waals surface area contributed by atoms with Crippen molar-refractivity contribution >= 4 is 22.6 Å². The van der Waals surface area contributed by atoms with Crippen molar-refractivity contribution in [3.8, 4) is 17.1 Å². The number of pyridine rings is 1. The smallest absolute Gasteiger partial charge is 0.243 e. The van der Waals surface area contributed by atoms with Crippen LogP contribution in [0, 0.1) is 5.92 Å². The van der Waals surface area contributed by atoms with Crippen LogP contribution in [0.1, 0.15) is 13.3 Å². The van der Waals surface area contributed by atoms with E-state index in [4.69, 9.17) is 14.5 Å². The van der Waals surface area contributed by atoms with E-state index in [9.17, 15) is 4.79 Å². The van der Waals surface area contributed by atoms with Gasteiger partial charge in [0.1, 0.15) is 6.10 Å². The summed E-state index contributed by atoms with van der Waals surface area (Å²) in [5.74, 6) is 0.704. The second-order valence-corrected chi connectivity index (χ2v) is 9.46. The van der Waals surface area contributed by atoms with Crippen LogP contribution in [0.15, 0.2) is 36.7 Å². The molecule has 34 heavy (non-hydrogen) atoms. The molecule has 1 amide bonds. The molecule has 178 valence electrons. The number of piperazine rings is 1. The summed E-state index contributed by atoms with van der Waals surface area (Å²) in [5.41, 5.74) is 4.69. The quantitative estimate of drug-likeness (QED) is 0.579. The van der Waals surface area contributed by atoms with Gasteiger partial charge in [-0.25, -0.2) is 9.97 Å². The van der Waals surface area contributed by atoms with Crippen LogP contribution in [0.25, 0.3) is 22.3 Å². The van der Waals surface area contributed by atoms with Gasteiger partial charge in [0.05, 0.1) is 36.8 Å². The molecule has 9 heteroatoms. The van der Waals surface area contributed by atoms with E-state index in [1.165, 1.54) is 5.69 Å². The van der Waals surface area contributed by atoms with E-state index < -0.39 is 0 Å². The maximum Gasteiger partial charge on any atom is 0.243 e. The van der Waals surface area contributed by atoms with Crippen LogP contribution in [0.2, 0.25) is 0 Å². The number of hydrogen-bond acceptors (Lipinski definition) is 7. The lowest BCUT2D eigenvalue weighted by atomic mass is 10.0. The molecule has 2 N–H and O–H groups in total. The number of nitrogens with one attached hydrogen (secondary N) is 2. The van der Waals surface area contributed by atoms with Crippen LogP contribution < -0.4 is 15.0 Å². The van der Waals surface area contributed by atoms with Gasteiger partial charge in [-0.1, -0.05) is 12.1 Å². The largest absolute Gasteiger partial charge is 0.473 e. The van der Waals surface area contributed by atoms with Gasteiger partial charge in [-0.3, -0.25) is 9.69 Å². The maximum atomic E-state index is 11.6. The highest BCUT2D eigenvalue weighted by Crippen LogP contribution is 2.30. The summed E-state index contributed by atoms with van der Waals surface area (Å²) >= 11 is 0. The Morgan fingerprint density at radius 3 is 2.62 bits per heavy atom. The zero-order valence-electron chi connectivity index (χ0n) is 19.4. The normalized spacial score (nSPS) is 22.6. The zero-order chi connectivity index (χ0) is 23.1. The molecular weight excluding hydrogens is 432 g/mol. The summed E-state index contributed by atoms with van der Waals surface area (Å²) in [4.78, 5) is 29.0. The van der Waals surface area contributed by atoms with Crippen molar-refractivity contribution in [1.82, 2.24) is 25.2 Å². The molecule has 0 bridgehead atoms. The lowest BCUT2D eigenvalue weighted by molar-refractivity contribution is -0.119. The lowest BCUT2D eigenvalue weighted by Gasteiger charge is -2.43. The maximum absolute atomic E-state index is 11.6. The number of amides is 1. The average molecular weight is 463 g/mol. The molecule has 1 aromatic carbocycles. The Bertz CT molecular complexity index is 1170. The summed E-state index contributed by atoms with van der Waals surface area (Å²) in [5, 5.41) is 2.88. The van der Waals surface area contributed by atoms with Crippen molar-refractivity contribution in [2.45, 2.75) is 25.5 Å². The molecule has 2 aromatic heterocycles. The van der Waals surface area contributed by atoms with Gasteiger partial charge < -0.3 is 24.7 Å². The second-order valence-electron chi connectivity index (χ2n) is 9.46. The number of aromatic nitrogens is 3. The standard InChI is InChI=1S/C25H30N6O3/c1-16(18-10-23(32)26-12-18)34-25-24-22(27-15-28-24)11-21(29-25)17-2-4-19(5-3-17)30-6-8-31(9-7-30)20-13-33-14-20/h2-5,11,15-16,18,20H,6-10,12-14H2,1H3,(H,26,32)(H,27,28)/t16-,18-/m1/s1. The number of H-pyrrole nitrogens is 1. The Labute approximate surface area is 198 Å². The Kier molecular flexibility index (Phi) is 5.58. The van der Waals surface area contributed by atoms with Gasteiger partial charge in [0, 0.05) is 56.3 Å². The SMILES string of the molecule is C[C@@H](Oc1nc(-c2ccc(N3CCN(C4COC4)CC3)cc2)cc2[nH]cnc12)[C@H]1CNC(=O)C1. The first-order valence-corrected chi connectivity index (χ1v) is 12.1. The van der Waals surface area contributed by atoms with Crippen LogP contribution >= 0.6 is 0 Å². The molecule has 3 fully saturated rings. The Morgan fingerprint density at radius 1 is 1.15 bits per heavy atom. The summed E-state index contributed by atoms with van der Waals surface area (Å²) < 4.78 is 11.6. The van der Waals surface area contributed by atoms with Gasteiger partial charge in [0.15, 0.2) is 5.52 Å². The molecule has 3 saturated heterocycles. The van der Waals surface area contributed by atoms with E-state index in [0.29, 0.717) is 30.4 Å². The number of imidazole rings is 1. The number of benzene rings is 1. The van der Waals surface area contributed by atoms with E-state index in [1.807, 2.05) is 13.0 Å². The lowest BCUT2D eigenvalue weighted by Crippen LogP contribution is -2.56. The molecule has 3 aliphatic rings. The molecule has 3 aliphatic heterocycles. The van der Waals surface area contributed by atoms with Crippen LogP contribution in [0.4, 0.5) is 5.69 Å². The van der Waals surface area contributed by atoms with E-state index >= 15 is 0 Å². The predicted octanol–water partition coefficient (Wildman–Crippen LogP) is 2.05. The number of aromatic amines is 1. The third kappa shape index (κ3) is 4.10. The number of fused-ring (bicyclic) bond motifs is 1. The van der Waals surface area contributed by atoms with Gasteiger partial charge in [-0.2, -0.15) is 0 Å². The highest BCUT2D eigenvalue weighted by atomic mass is 16.5. The van der Waals surface area contributed by atoms with Gasteiger partial charge in [0.2, 0.25) is 11.8 Å². The average Bonchev–Trinajstić information content (AvgIpc) is 3.48. The number of carbonyl (C=O) groups is 1. The third-order valence-electron chi connectivity index (χ3n) is 7.32. The number of hydrogen-bond donors (Lipinski definition) is 2. The first kappa shape index (κ1) is 21.4. The minimum Gasteiger partial charge on any atom is -0.473 e. The second kappa shape index (κ2) is 8.88. The molecule has 0 spiro atoms. The van der Waals surface area contributed by atoms with E-state index in [0.717, 1.165) is 56.2 Å². The summed E-state index contributed by atoms with van der Waals surface area (Å²) in [6, 6.07) is 11.2. The first-order chi connectivity index (χ1) is 16.6. The Morgan fingerprint density at radius 2 is 1.94 bits per heavy atom. The predicted molar refractivity (Wildman–Crippen MR) is 129 cm³/mol. The molecule has 0 saturated carbocycles. The molecule has 0 aliphatic carbocycles. The molecule has 5 heterocycles. The van der Waals surface area contributed by atoms with Gasteiger partial charge in [-0.05, 0) is 25.1 Å². The molecule has 0 unspecified atom stereocenters. The number of nitrogens with zero attached hydrogens (tertiary/aromatic N) is 4. The number of rotatable bonds is 6. The zero-order valence-corrected chi connectivity index (χ0v) is 19.4. The van der Waals surface area contributed by atoms with Crippen LogP contribution in [-0.2, 0) is 9.53 Å². The van der Waals surface area contributed by atoms with Crippen molar-refractivity contribution in [2.75, 3.05) is 50.8 Å². The van der Waals surface area contributed by atoms with E-state index in [1.54, 1.807) is 6.33 Å². The third-order valence-corrected chi connectivity index (χ3v) is 7.32. The minimum atomic E-state index is -0.144. The highest BCUT2D eigenvalue weighted by Gasteiger charge is 2.30. The van der Waals surface area contributed by atoms with E-state index in [2.05, 4.69) is 49.4 Å². The van der Waals surface area contributed by atoms with Crippen LogP contribution in [0.3, 0.4) is 0 Å². The fourth-order valence-corrected chi connectivity index (χ4v) is 5.00. The Balaban J connectivity index is 1.19. The van der Waals surface area contributed by atoms with Crippen molar-refractivity contribution in [3.05, 3.63) is 36.7 Å². The van der Waals surface area contributed by atoms with Crippen LogP contribution in [-0.4, -0.2) is 83.8 Å². The summed E-state index contributed by atoms with van der Waals surface area (Å²) in [6.45, 7) is 8.60. The Hall–Kier alpha value is -3.17. The summed E-state index contributed by atoms with van der Waals surface area (Å²) in [6.07, 6.45) is 2.00. The van der Waals surface area contributed by atoms with E-state index in [-0.39, 0.29) is 17.9 Å². The van der Waals surface area contributed by atoms with Crippen molar-refractivity contribution in [1.29, 1.82) is 0 Å². The van der Waals surface area contributed by atoms with Gasteiger partial charge in [0.25, 0.3) is 0 Å².